The molecule has 3 nitrogen and oxygen atoms in total. The molecule has 0 saturated carbocycles. The van der Waals surface area contributed by atoms with E-state index >= 15 is 0 Å². The molecule has 3 unspecified atom stereocenters. The highest BCUT2D eigenvalue weighted by molar-refractivity contribution is 4.91. The highest BCUT2D eigenvalue weighted by Crippen LogP contribution is 2.32. The molecule has 2 saturated heterocycles. The van der Waals surface area contributed by atoms with Gasteiger partial charge in [-0.2, -0.15) is 0 Å². The fourth-order valence-electron chi connectivity index (χ4n) is 3.67. The summed E-state index contributed by atoms with van der Waals surface area (Å²) in [5.74, 6) is 1.56. The Kier molecular flexibility index (Phi) is 5.88. The molecule has 0 aromatic heterocycles. The number of likely N-dealkylation sites (tertiary alicyclic amines) is 1. The maximum Gasteiger partial charge on any atom is 0.0547 e. The van der Waals surface area contributed by atoms with Gasteiger partial charge in [0.25, 0.3) is 0 Å². The van der Waals surface area contributed by atoms with Crippen molar-refractivity contribution in [1.82, 2.24) is 10.2 Å². The van der Waals surface area contributed by atoms with Crippen LogP contribution in [0, 0.1) is 17.3 Å². The lowest BCUT2D eigenvalue weighted by Gasteiger charge is -2.43. The molecule has 0 bridgehead atoms. The van der Waals surface area contributed by atoms with Gasteiger partial charge in [0, 0.05) is 31.2 Å². The largest absolute Gasteiger partial charge is 0.381 e. The Morgan fingerprint density at radius 2 is 2.15 bits per heavy atom. The van der Waals surface area contributed by atoms with Gasteiger partial charge in [-0.15, -0.1) is 0 Å². The Labute approximate surface area is 125 Å². The fourth-order valence-corrected chi connectivity index (χ4v) is 3.67. The third-order valence-corrected chi connectivity index (χ3v) is 5.28. The average molecular weight is 282 g/mol. The van der Waals surface area contributed by atoms with Crippen LogP contribution >= 0.6 is 0 Å². The molecule has 0 aromatic carbocycles. The van der Waals surface area contributed by atoms with Crippen molar-refractivity contribution >= 4 is 0 Å². The second kappa shape index (κ2) is 7.24. The monoisotopic (exact) mass is 282 g/mol. The van der Waals surface area contributed by atoms with Gasteiger partial charge in [0.05, 0.1) is 6.61 Å². The molecule has 0 amide bonds. The lowest BCUT2D eigenvalue weighted by atomic mass is 9.83. The van der Waals surface area contributed by atoms with Gasteiger partial charge in [0.2, 0.25) is 0 Å². The number of nitrogens with zero attached hydrogens (tertiary/aromatic N) is 1. The van der Waals surface area contributed by atoms with Crippen LogP contribution in [0.3, 0.4) is 0 Å². The van der Waals surface area contributed by atoms with Crippen LogP contribution in [0.4, 0.5) is 0 Å². The summed E-state index contributed by atoms with van der Waals surface area (Å²) in [4.78, 5) is 2.72. The highest BCUT2D eigenvalue weighted by Gasteiger charge is 2.38. The van der Waals surface area contributed by atoms with E-state index in [2.05, 4.69) is 37.9 Å². The van der Waals surface area contributed by atoms with Crippen molar-refractivity contribution in [3.05, 3.63) is 0 Å². The topological polar surface area (TPSA) is 24.5 Å². The van der Waals surface area contributed by atoms with E-state index in [1.54, 1.807) is 0 Å². The molecule has 20 heavy (non-hydrogen) atoms. The quantitative estimate of drug-likeness (QED) is 0.811. The van der Waals surface area contributed by atoms with Gasteiger partial charge in [-0.25, -0.2) is 0 Å². The van der Waals surface area contributed by atoms with Crippen molar-refractivity contribution in [3.8, 4) is 0 Å². The van der Waals surface area contributed by atoms with Gasteiger partial charge >= 0.3 is 0 Å². The Bertz CT molecular complexity index is 287. The molecule has 2 rings (SSSR count). The number of ether oxygens (including phenoxy) is 1. The van der Waals surface area contributed by atoms with E-state index in [-0.39, 0.29) is 0 Å². The Balaban J connectivity index is 1.90. The third-order valence-electron chi connectivity index (χ3n) is 5.28. The van der Waals surface area contributed by atoms with Gasteiger partial charge in [0.1, 0.15) is 0 Å². The molecular weight excluding hydrogens is 248 g/mol. The SMILES string of the molecule is CC(C)CNCC1(CN2CCCC(C)C2C)CCOC1. The first-order chi connectivity index (χ1) is 9.52. The molecule has 3 atom stereocenters. The van der Waals surface area contributed by atoms with Crippen LogP contribution in [0.1, 0.15) is 47.0 Å². The summed E-state index contributed by atoms with van der Waals surface area (Å²) in [6, 6.07) is 0.728. The second-order valence-electron chi connectivity index (χ2n) is 7.66. The summed E-state index contributed by atoms with van der Waals surface area (Å²) >= 11 is 0. The summed E-state index contributed by atoms with van der Waals surface area (Å²) in [5, 5.41) is 3.68. The van der Waals surface area contributed by atoms with Gasteiger partial charge in [-0.1, -0.05) is 20.8 Å². The van der Waals surface area contributed by atoms with E-state index in [1.165, 1.54) is 32.4 Å². The normalized spacial score (nSPS) is 35.9. The molecule has 118 valence electrons. The zero-order chi connectivity index (χ0) is 14.6. The molecule has 0 aliphatic carbocycles. The molecule has 2 heterocycles. The molecule has 0 spiro atoms. The van der Waals surface area contributed by atoms with Crippen LogP contribution < -0.4 is 5.32 Å². The minimum absolute atomic E-state index is 0.347. The maximum atomic E-state index is 5.75. The van der Waals surface area contributed by atoms with Crippen LogP contribution in [-0.4, -0.2) is 50.3 Å². The zero-order valence-corrected chi connectivity index (χ0v) is 14.0. The smallest absolute Gasteiger partial charge is 0.0547 e. The molecule has 2 aliphatic heterocycles. The Hall–Kier alpha value is -0.120. The lowest BCUT2D eigenvalue weighted by Crippen LogP contribution is -2.51. The molecule has 0 radical (unpaired) electrons. The van der Waals surface area contributed by atoms with Crippen LogP contribution in [0.25, 0.3) is 0 Å². The van der Waals surface area contributed by atoms with Gasteiger partial charge in [-0.05, 0) is 51.1 Å². The highest BCUT2D eigenvalue weighted by atomic mass is 16.5. The predicted molar refractivity (Wildman–Crippen MR) is 85.0 cm³/mol. The van der Waals surface area contributed by atoms with Crippen molar-refractivity contribution in [2.24, 2.45) is 17.3 Å². The van der Waals surface area contributed by atoms with Crippen molar-refractivity contribution in [2.75, 3.05) is 39.4 Å². The molecule has 2 fully saturated rings. The first kappa shape index (κ1) is 16.3. The van der Waals surface area contributed by atoms with Crippen LogP contribution in [0.15, 0.2) is 0 Å². The van der Waals surface area contributed by atoms with Crippen LogP contribution in [0.2, 0.25) is 0 Å². The van der Waals surface area contributed by atoms with E-state index in [0.717, 1.165) is 44.2 Å². The van der Waals surface area contributed by atoms with Crippen LogP contribution in [0.5, 0.6) is 0 Å². The molecular formula is C17H34N2O. The van der Waals surface area contributed by atoms with Crippen molar-refractivity contribution in [3.63, 3.8) is 0 Å². The number of rotatable bonds is 6. The summed E-state index contributed by atoms with van der Waals surface area (Å²) in [5.41, 5.74) is 0.347. The Morgan fingerprint density at radius 1 is 1.35 bits per heavy atom. The van der Waals surface area contributed by atoms with Crippen molar-refractivity contribution in [1.29, 1.82) is 0 Å². The summed E-state index contributed by atoms with van der Waals surface area (Å²) in [6.07, 6.45) is 3.98. The van der Waals surface area contributed by atoms with Crippen molar-refractivity contribution in [2.45, 2.75) is 53.0 Å². The second-order valence-corrected chi connectivity index (χ2v) is 7.66. The number of nitrogens with one attached hydrogen (secondary N) is 1. The van der Waals surface area contributed by atoms with E-state index < -0.39 is 0 Å². The molecule has 0 aromatic rings. The molecule has 1 N–H and O–H groups in total. The van der Waals surface area contributed by atoms with E-state index in [4.69, 9.17) is 4.74 Å². The third kappa shape index (κ3) is 4.19. The van der Waals surface area contributed by atoms with Gasteiger partial charge in [0.15, 0.2) is 0 Å². The number of hydrogen-bond donors (Lipinski definition) is 1. The van der Waals surface area contributed by atoms with Gasteiger partial charge < -0.3 is 10.1 Å². The van der Waals surface area contributed by atoms with E-state index in [9.17, 15) is 0 Å². The van der Waals surface area contributed by atoms with Crippen molar-refractivity contribution < 1.29 is 4.74 Å². The number of piperidine rings is 1. The Morgan fingerprint density at radius 3 is 2.80 bits per heavy atom. The first-order valence-electron chi connectivity index (χ1n) is 8.55. The van der Waals surface area contributed by atoms with Crippen LogP contribution in [-0.2, 0) is 4.74 Å². The summed E-state index contributed by atoms with van der Waals surface area (Å²) in [7, 11) is 0. The molecule has 2 aliphatic rings. The molecule has 3 heteroatoms. The number of hydrogen-bond acceptors (Lipinski definition) is 3. The van der Waals surface area contributed by atoms with E-state index in [1.807, 2.05) is 0 Å². The minimum Gasteiger partial charge on any atom is -0.381 e. The first-order valence-corrected chi connectivity index (χ1v) is 8.55. The fraction of sp³-hybridized carbons (Fsp3) is 1.00. The van der Waals surface area contributed by atoms with Gasteiger partial charge in [-0.3, -0.25) is 4.90 Å². The summed E-state index contributed by atoms with van der Waals surface area (Å²) in [6.45, 7) is 16.0. The summed E-state index contributed by atoms with van der Waals surface area (Å²) < 4.78 is 5.75. The standard InChI is InChI=1S/C17H34N2O/c1-14(2)10-18-11-17(7-9-20-13-17)12-19-8-5-6-15(3)16(19)4/h14-16,18H,5-13H2,1-4H3. The van der Waals surface area contributed by atoms with E-state index in [0.29, 0.717) is 5.41 Å². The zero-order valence-electron chi connectivity index (χ0n) is 14.0. The average Bonchev–Trinajstić information content (AvgIpc) is 2.83. The minimum atomic E-state index is 0.347. The predicted octanol–water partition coefficient (Wildman–Crippen LogP) is 2.76. The maximum absolute atomic E-state index is 5.75. The lowest BCUT2D eigenvalue weighted by molar-refractivity contribution is 0.0496.